The smallest absolute Gasteiger partial charge is 0.240 e. The number of sulfonamides is 1. The fourth-order valence-corrected chi connectivity index (χ4v) is 3.84. The zero-order valence-corrected chi connectivity index (χ0v) is 17.0. The summed E-state index contributed by atoms with van der Waals surface area (Å²) in [5, 5.41) is 2.71. The van der Waals surface area contributed by atoms with Crippen LogP contribution in [-0.2, 0) is 14.8 Å². The molecule has 2 aromatic carbocycles. The maximum Gasteiger partial charge on any atom is 0.240 e. The third kappa shape index (κ3) is 5.14. The highest BCUT2D eigenvalue weighted by molar-refractivity contribution is 9.10. The molecule has 3 rings (SSSR count). The molecule has 27 heavy (non-hydrogen) atoms. The lowest BCUT2D eigenvalue weighted by molar-refractivity contribution is -0.120. The Hall–Kier alpha value is -2.26. The molecule has 7 nitrogen and oxygen atoms in total. The van der Waals surface area contributed by atoms with Crippen molar-refractivity contribution in [1.82, 2.24) is 5.32 Å². The van der Waals surface area contributed by atoms with Crippen molar-refractivity contribution in [3.8, 4) is 11.5 Å². The van der Waals surface area contributed by atoms with Gasteiger partial charge in [0.05, 0.1) is 18.5 Å². The molecule has 0 aliphatic carbocycles. The maximum absolute atomic E-state index is 12.3. The maximum atomic E-state index is 12.3. The van der Waals surface area contributed by atoms with Gasteiger partial charge in [-0.05, 0) is 30.3 Å². The van der Waals surface area contributed by atoms with Gasteiger partial charge in [-0.15, -0.1) is 0 Å². The van der Waals surface area contributed by atoms with Crippen LogP contribution in [0.5, 0.6) is 11.5 Å². The van der Waals surface area contributed by atoms with Gasteiger partial charge < -0.3 is 14.8 Å². The van der Waals surface area contributed by atoms with Gasteiger partial charge in [-0.2, -0.15) is 0 Å². The third-order valence-corrected chi connectivity index (χ3v) is 5.51. The number of nitrogens with one attached hydrogen (secondary N) is 1. The minimum absolute atomic E-state index is 0.212. The van der Waals surface area contributed by atoms with Crippen molar-refractivity contribution >= 4 is 37.5 Å². The van der Waals surface area contributed by atoms with E-state index in [9.17, 15) is 13.2 Å². The van der Waals surface area contributed by atoms with E-state index in [0.717, 1.165) is 15.0 Å². The molecule has 0 fully saturated rings. The van der Waals surface area contributed by atoms with E-state index in [2.05, 4.69) is 21.2 Å². The lowest BCUT2D eigenvalue weighted by Crippen LogP contribution is -2.45. The van der Waals surface area contributed by atoms with Crippen molar-refractivity contribution in [2.45, 2.75) is 6.10 Å². The largest absolute Gasteiger partial charge is 0.486 e. The minimum atomic E-state index is -3.62. The predicted octanol–water partition coefficient (Wildman–Crippen LogP) is 2.17. The number of amides is 1. The molecule has 0 saturated carbocycles. The number of carbonyl (C=O) groups excluding carboxylic acids is 1. The molecule has 1 N–H and O–H groups in total. The summed E-state index contributed by atoms with van der Waals surface area (Å²) in [7, 11) is -3.62. The van der Waals surface area contributed by atoms with Gasteiger partial charge in [-0.1, -0.05) is 34.1 Å². The average Bonchev–Trinajstić information content (AvgIpc) is 2.63. The van der Waals surface area contributed by atoms with Crippen molar-refractivity contribution in [3.63, 3.8) is 0 Å². The molecule has 1 amide bonds. The number of hydrogen-bond acceptors (Lipinski definition) is 5. The van der Waals surface area contributed by atoms with E-state index in [0.29, 0.717) is 23.8 Å². The number of rotatable bonds is 6. The summed E-state index contributed by atoms with van der Waals surface area (Å²) in [6, 6.07) is 14.1. The van der Waals surface area contributed by atoms with Gasteiger partial charge in [0.2, 0.25) is 15.9 Å². The van der Waals surface area contributed by atoms with Crippen LogP contribution in [-0.4, -0.2) is 46.4 Å². The van der Waals surface area contributed by atoms with Crippen LogP contribution in [0.4, 0.5) is 5.69 Å². The van der Waals surface area contributed by atoms with Gasteiger partial charge >= 0.3 is 0 Å². The Kier molecular flexibility index (Phi) is 5.91. The Balaban J connectivity index is 1.60. The molecule has 1 aliphatic heterocycles. The first-order valence-corrected chi connectivity index (χ1v) is 10.9. The fourth-order valence-electron chi connectivity index (χ4n) is 2.61. The van der Waals surface area contributed by atoms with Crippen molar-refractivity contribution in [1.29, 1.82) is 0 Å². The third-order valence-electron chi connectivity index (χ3n) is 3.88. The van der Waals surface area contributed by atoms with Crippen LogP contribution in [0.3, 0.4) is 0 Å². The lowest BCUT2D eigenvalue weighted by atomic mass is 10.2. The highest BCUT2D eigenvalue weighted by Crippen LogP contribution is 2.30. The van der Waals surface area contributed by atoms with Crippen LogP contribution >= 0.6 is 15.9 Å². The summed E-state index contributed by atoms with van der Waals surface area (Å²) in [5.41, 5.74) is 0.410. The Morgan fingerprint density at radius 1 is 1.22 bits per heavy atom. The van der Waals surface area contributed by atoms with Gasteiger partial charge in [0, 0.05) is 4.47 Å². The Bertz CT molecular complexity index is 935. The minimum Gasteiger partial charge on any atom is -0.486 e. The zero-order chi connectivity index (χ0) is 19.4. The lowest BCUT2D eigenvalue weighted by Gasteiger charge is -2.27. The normalized spacial score (nSPS) is 15.9. The molecule has 2 aromatic rings. The van der Waals surface area contributed by atoms with Gasteiger partial charge in [0.15, 0.2) is 11.5 Å². The van der Waals surface area contributed by atoms with E-state index in [1.54, 1.807) is 30.3 Å². The van der Waals surface area contributed by atoms with E-state index in [1.807, 2.05) is 18.2 Å². The summed E-state index contributed by atoms with van der Waals surface area (Å²) in [6.45, 7) is 0.196. The number of fused-ring (bicyclic) bond motifs is 1. The topological polar surface area (TPSA) is 84.9 Å². The Labute approximate surface area is 166 Å². The number of nitrogens with zero attached hydrogens (tertiary/aromatic N) is 1. The van der Waals surface area contributed by atoms with Gasteiger partial charge in [0.1, 0.15) is 19.3 Å². The second kappa shape index (κ2) is 8.18. The monoisotopic (exact) mass is 454 g/mol. The summed E-state index contributed by atoms with van der Waals surface area (Å²) < 4.78 is 37.4. The molecule has 0 spiro atoms. The molecule has 0 saturated heterocycles. The molecule has 0 aromatic heterocycles. The van der Waals surface area contributed by atoms with Crippen molar-refractivity contribution in [3.05, 3.63) is 53.0 Å². The summed E-state index contributed by atoms with van der Waals surface area (Å²) >= 11 is 3.31. The molecule has 0 unspecified atom stereocenters. The number of carbonyl (C=O) groups is 1. The van der Waals surface area contributed by atoms with Crippen LogP contribution in [0.15, 0.2) is 53.0 Å². The summed E-state index contributed by atoms with van der Waals surface area (Å²) in [6.07, 6.45) is 0.720. The van der Waals surface area contributed by atoms with E-state index >= 15 is 0 Å². The van der Waals surface area contributed by atoms with Crippen molar-refractivity contribution < 1.29 is 22.7 Å². The Morgan fingerprint density at radius 2 is 1.96 bits per heavy atom. The number of anilines is 1. The number of halogens is 1. The number of para-hydroxylation sites is 2. The number of benzene rings is 2. The molecule has 0 bridgehead atoms. The van der Waals surface area contributed by atoms with Gasteiger partial charge in [-0.3, -0.25) is 9.10 Å². The second-order valence-corrected chi connectivity index (χ2v) is 8.87. The molecular weight excluding hydrogens is 436 g/mol. The van der Waals surface area contributed by atoms with E-state index < -0.39 is 15.9 Å². The number of ether oxygens (including phenoxy) is 2. The first-order chi connectivity index (χ1) is 12.8. The molecule has 1 aliphatic rings. The van der Waals surface area contributed by atoms with Crippen molar-refractivity contribution in [2.75, 3.05) is 30.3 Å². The van der Waals surface area contributed by atoms with Crippen LogP contribution in [0.25, 0.3) is 0 Å². The first-order valence-electron chi connectivity index (χ1n) is 8.21. The predicted molar refractivity (Wildman–Crippen MR) is 106 cm³/mol. The van der Waals surface area contributed by atoms with E-state index in [4.69, 9.17) is 9.47 Å². The van der Waals surface area contributed by atoms with Crippen LogP contribution < -0.4 is 19.1 Å². The standard InChI is InChI=1S/C18H19BrN2O5S/c1-27(23,24)21(14-6-4-5-13(19)9-14)11-18(22)20-10-15-12-25-16-7-2-3-8-17(16)26-15/h2-9,15H,10-12H2,1H3,(H,20,22)/t15-/m0/s1. The van der Waals surface area contributed by atoms with Crippen LogP contribution in [0.2, 0.25) is 0 Å². The SMILES string of the molecule is CS(=O)(=O)N(CC(=O)NC[C@H]1COc2ccccc2O1)c1cccc(Br)c1. The van der Waals surface area contributed by atoms with E-state index in [1.165, 1.54) is 0 Å². The van der Waals surface area contributed by atoms with Gasteiger partial charge in [0.25, 0.3) is 0 Å². The Morgan fingerprint density at radius 3 is 2.67 bits per heavy atom. The first kappa shape index (κ1) is 19.5. The van der Waals surface area contributed by atoms with Crippen LogP contribution in [0.1, 0.15) is 0 Å². The van der Waals surface area contributed by atoms with E-state index in [-0.39, 0.29) is 19.2 Å². The van der Waals surface area contributed by atoms with Crippen LogP contribution in [0, 0.1) is 0 Å². The molecular formula is C18H19BrN2O5S. The van der Waals surface area contributed by atoms with Crippen molar-refractivity contribution in [2.24, 2.45) is 0 Å². The average molecular weight is 455 g/mol. The fraction of sp³-hybridized carbons (Fsp3) is 0.278. The number of hydrogen-bond donors (Lipinski definition) is 1. The molecule has 1 heterocycles. The quantitative estimate of drug-likeness (QED) is 0.722. The molecule has 1 atom stereocenters. The summed E-state index contributed by atoms with van der Waals surface area (Å²) in [4.78, 5) is 12.3. The molecule has 0 radical (unpaired) electrons. The zero-order valence-electron chi connectivity index (χ0n) is 14.6. The highest BCUT2D eigenvalue weighted by atomic mass is 79.9. The molecule has 9 heteroatoms. The highest BCUT2D eigenvalue weighted by Gasteiger charge is 2.24. The van der Waals surface area contributed by atoms with Gasteiger partial charge in [-0.25, -0.2) is 8.42 Å². The second-order valence-electron chi connectivity index (χ2n) is 6.05. The summed E-state index contributed by atoms with van der Waals surface area (Å²) in [5.74, 6) is 0.857. The molecule has 144 valence electrons.